The van der Waals surface area contributed by atoms with Crippen LogP contribution in [-0.2, 0) is 0 Å². The van der Waals surface area contributed by atoms with Gasteiger partial charge in [-0.1, -0.05) is 19.3 Å². The number of anilines is 1. The number of benzene rings is 1. The molecule has 2 aliphatic rings. The first-order chi connectivity index (χ1) is 9.69. The molecule has 1 aromatic carbocycles. The molecule has 20 heavy (non-hydrogen) atoms. The summed E-state index contributed by atoms with van der Waals surface area (Å²) < 4.78 is 0. The van der Waals surface area contributed by atoms with E-state index in [0.717, 1.165) is 5.56 Å². The van der Waals surface area contributed by atoms with Gasteiger partial charge in [-0.3, -0.25) is 5.41 Å². The molecule has 1 heterocycles. The summed E-state index contributed by atoms with van der Waals surface area (Å²) in [5.74, 6) is 0.149. The van der Waals surface area contributed by atoms with E-state index >= 15 is 0 Å². The van der Waals surface area contributed by atoms with Gasteiger partial charge in [-0.15, -0.1) is 0 Å². The van der Waals surface area contributed by atoms with E-state index < -0.39 is 0 Å². The first kappa shape index (κ1) is 13.5. The van der Waals surface area contributed by atoms with E-state index in [9.17, 15) is 0 Å². The highest BCUT2D eigenvalue weighted by Crippen LogP contribution is 2.45. The summed E-state index contributed by atoms with van der Waals surface area (Å²) in [7, 11) is 0. The van der Waals surface area contributed by atoms with Crippen molar-refractivity contribution in [1.29, 1.82) is 5.41 Å². The average molecular weight is 271 g/mol. The molecule has 108 valence electrons. The number of rotatable bonds is 2. The van der Waals surface area contributed by atoms with Crippen LogP contribution in [0.2, 0.25) is 0 Å². The van der Waals surface area contributed by atoms with Crippen LogP contribution in [-0.4, -0.2) is 18.9 Å². The third-order valence-corrected chi connectivity index (χ3v) is 5.28. The quantitative estimate of drug-likeness (QED) is 0.638. The van der Waals surface area contributed by atoms with Crippen LogP contribution in [0.25, 0.3) is 0 Å². The van der Waals surface area contributed by atoms with Crippen molar-refractivity contribution in [3.63, 3.8) is 0 Å². The highest BCUT2D eigenvalue weighted by molar-refractivity contribution is 5.95. The van der Waals surface area contributed by atoms with Gasteiger partial charge in [0.1, 0.15) is 5.84 Å². The van der Waals surface area contributed by atoms with E-state index in [2.05, 4.69) is 17.0 Å². The number of amidine groups is 1. The Morgan fingerprint density at radius 1 is 0.950 bits per heavy atom. The van der Waals surface area contributed by atoms with Crippen LogP contribution in [0.1, 0.15) is 50.5 Å². The molecule has 3 nitrogen and oxygen atoms in total. The minimum absolute atomic E-state index is 0.149. The zero-order chi connectivity index (χ0) is 14.0. The van der Waals surface area contributed by atoms with Crippen molar-refractivity contribution in [2.24, 2.45) is 11.1 Å². The molecule has 1 aliphatic carbocycles. The van der Waals surface area contributed by atoms with E-state index in [4.69, 9.17) is 11.1 Å². The maximum absolute atomic E-state index is 7.44. The average Bonchev–Trinajstić information content (AvgIpc) is 2.49. The second-order valence-corrected chi connectivity index (χ2v) is 6.51. The number of nitrogen functional groups attached to an aromatic ring is 1. The molecular formula is C17H25N3. The first-order valence-electron chi connectivity index (χ1n) is 7.88. The molecule has 1 saturated heterocycles. The van der Waals surface area contributed by atoms with E-state index in [1.807, 2.05) is 12.1 Å². The van der Waals surface area contributed by atoms with Gasteiger partial charge in [0.2, 0.25) is 0 Å². The molecule has 0 bridgehead atoms. The molecule has 0 atom stereocenters. The fourth-order valence-corrected chi connectivity index (χ4v) is 3.89. The Morgan fingerprint density at radius 3 is 2.10 bits per heavy atom. The first-order valence-corrected chi connectivity index (χ1v) is 7.88. The zero-order valence-corrected chi connectivity index (χ0v) is 12.2. The van der Waals surface area contributed by atoms with Gasteiger partial charge >= 0.3 is 0 Å². The van der Waals surface area contributed by atoms with Crippen molar-refractivity contribution in [2.45, 2.75) is 44.9 Å². The zero-order valence-electron chi connectivity index (χ0n) is 12.2. The molecule has 3 N–H and O–H groups in total. The minimum Gasteiger partial charge on any atom is -0.384 e. The van der Waals surface area contributed by atoms with Gasteiger partial charge in [-0.2, -0.15) is 0 Å². The third kappa shape index (κ3) is 2.67. The summed E-state index contributed by atoms with van der Waals surface area (Å²) in [6.07, 6.45) is 9.91. The van der Waals surface area contributed by atoms with Crippen molar-refractivity contribution < 1.29 is 0 Å². The molecule has 1 saturated carbocycles. The van der Waals surface area contributed by atoms with Crippen LogP contribution in [0.5, 0.6) is 0 Å². The molecule has 2 fully saturated rings. The maximum Gasteiger partial charge on any atom is 0.122 e. The van der Waals surface area contributed by atoms with Crippen LogP contribution >= 0.6 is 0 Å². The number of nitrogens with zero attached hydrogens (tertiary/aromatic N) is 1. The predicted molar refractivity (Wildman–Crippen MR) is 84.4 cm³/mol. The second-order valence-electron chi connectivity index (χ2n) is 6.51. The maximum atomic E-state index is 7.44. The molecule has 1 aliphatic heterocycles. The van der Waals surface area contributed by atoms with Crippen LogP contribution in [0.15, 0.2) is 24.3 Å². The van der Waals surface area contributed by atoms with Gasteiger partial charge in [-0.25, -0.2) is 0 Å². The van der Waals surface area contributed by atoms with Crippen molar-refractivity contribution in [3.05, 3.63) is 29.8 Å². The van der Waals surface area contributed by atoms with Crippen molar-refractivity contribution in [2.75, 3.05) is 18.0 Å². The summed E-state index contributed by atoms with van der Waals surface area (Å²) in [4.78, 5) is 2.49. The number of nitrogens with two attached hydrogens (primary N) is 1. The monoisotopic (exact) mass is 271 g/mol. The molecule has 0 amide bonds. The van der Waals surface area contributed by atoms with Gasteiger partial charge < -0.3 is 10.6 Å². The molecule has 1 spiro atoms. The lowest BCUT2D eigenvalue weighted by Crippen LogP contribution is -2.41. The Labute approximate surface area is 121 Å². The lowest BCUT2D eigenvalue weighted by molar-refractivity contribution is 0.144. The van der Waals surface area contributed by atoms with Crippen LogP contribution < -0.4 is 10.6 Å². The second kappa shape index (κ2) is 5.47. The lowest BCUT2D eigenvalue weighted by atomic mass is 9.68. The SMILES string of the molecule is N=C(N)c1ccc(N2CCC3(CCCCC3)CC2)cc1. The van der Waals surface area contributed by atoms with Gasteiger partial charge in [-0.05, 0) is 55.4 Å². The third-order valence-electron chi connectivity index (χ3n) is 5.28. The van der Waals surface area contributed by atoms with Crippen LogP contribution in [0.4, 0.5) is 5.69 Å². The Morgan fingerprint density at radius 2 is 1.55 bits per heavy atom. The number of nitrogens with one attached hydrogen (secondary N) is 1. The fourth-order valence-electron chi connectivity index (χ4n) is 3.89. The highest BCUT2D eigenvalue weighted by Gasteiger charge is 2.35. The molecule has 3 rings (SSSR count). The summed E-state index contributed by atoms with van der Waals surface area (Å²) in [6, 6.07) is 8.14. The number of hydrogen-bond acceptors (Lipinski definition) is 2. The Balaban J connectivity index is 1.64. The van der Waals surface area contributed by atoms with Gasteiger partial charge in [0.05, 0.1) is 0 Å². The Hall–Kier alpha value is -1.51. The smallest absolute Gasteiger partial charge is 0.122 e. The van der Waals surface area contributed by atoms with Crippen molar-refractivity contribution in [3.8, 4) is 0 Å². The molecule has 0 unspecified atom stereocenters. The Bertz CT molecular complexity index is 462. The normalized spacial score (nSPS) is 21.9. The summed E-state index contributed by atoms with van der Waals surface area (Å²) in [5.41, 5.74) is 8.26. The molecule has 0 aromatic heterocycles. The fraction of sp³-hybridized carbons (Fsp3) is 0.588. The summed E-state index contributed by atoms with van der Waals surface area (Å²) in [6.45, 7) is 2.36. The van der Waals surface area contributed by atoms with E-state index in [1.54, 1.807) is 0 Å². The van der Waals surface area contributed by atoms with Gasteiger partial charge in [0, 0.05) is 24.3 Å². The molecule has 3 heteroatoms. The molecular weight excluding hydrogens is 246 g/mol. The minimum atomic E-state index is 0.149. The van der Waals surface area contributed by atoms with E-state index in [-0.39, 0.29) is 5.84 Å². The number of piperidine rings is 1. The predicted octanol–water partition coefficient (Wildman–Crippen LogP) is 3.52. The Kier molecular flexibility index (Phi) is 3.68. The topological polar surface area (TPSA) is 53.1 Å². The van der Waals surface area contributed by atoms with Gasteiger partial charge in [0.15, 0.2) is 0 Å². The van der Waals surface area contributed by atoms with Crippen molar-refractivity contribution in [1.82, 2.24) is 0 Å². The molecule has 1 aromatic rings. The largest absolute Gasteiger partial charge is 0.384 e. The van der Waals surface area contributed by atoms with Gasteiger partial charge in [0.25, 0.3) is 0 Å². The highest BCUT2D eigenvalue weighted by atomic mass is 15.1. The van der Waals surface area contributed by atoms with Crippen LogP contribution in [0.3, 0.4) is 0 Å². The van der Waals surface area contributed by atoms with Crippen LogP contribution in [0, 0.1) is 10.8 Å². The lowest BCUT2D eigenvalue weighted by Gasteiger charge is -2.45. The molecule has 0 radical (unpaired) electrons. The van der Waals surface area contributed by atoms with E-state index in [0.29, 0.717) is 5.41 Å². The number of hydrogen-bond donors (Lipinski definition) is 2. The van der Waals surface area contributed by atoms with E-state index in [1.165, 1.54) is 63.7 Å². The summed E-state index contributed by atoms with van der Waals surface area (Å²) >= 11 is 0. The standard InChI is InChI=1S/C17H25N3/c18-16(19)14-4-6-15(7-5-14)20-12-10-17(11-13-20)8-2-1-3-9-17/h4-7H,1-3,8-13H2,(H3,18,19). The summed E-state index contributed by atoms with van der Waals surface area (Å²) in [5, 5.41) is 7.44. The van der Waals surface area contributed by atoms with Crippen molar-refractivity contribution >= 4 is 11.5 Å².